The summed E-state index contributed by atoms with van der Waals surface area (Å²) in [6.45, 7) is 20.9. The maximum atomic E-state index is 17.3. The first kappa shape index (κ1) is 35.2. The second kappa shape index (κ2) is 13.6. The SMILES string of the molecule is CCCCCOC(=O)Nc1nc(Cl)c2ncn([C@@H]3OC4CO[Si](C(C)C)(C(C)C)O[Si](C(C)C)(C(C)C)O[C@H]4[C@@]3(C)F)c2n1. The number of hydrogen-bond acceptors (Lipinski definition) is 9. The van der Waals surface area contributed by atoms with Crippen molar-refractivity contribution in [2.75, 3.05) is 18.5 Å². The number of imidazole rings is 1. The van der Waals surface area contributed by atoms with Crippen LogP contribution in [0.2, 0.25) is 27.3 Å². The molecule has 0 radical (unpaired) electrons. The van der Waals surface area contributed by atoms with Crippen LogP contribution in [0.5, 0.6) is 0 Å². The molecule has 4 rings (SSSR count). The minimum absolute atomic E-state index is 0.00304. The number of aromatic nitrogens is 4. The summed E-state index contributed by atoms with van der Waals surface area (Å²) in [7, 11) is -5.93. The summed E-state index contributed by atoms with van der Waals surface area (Å²) in [6.07, 6.45) is 0.564. The highest BCUT2D eigenvalue weighted by molar-refractivity contribution is 6.84. The number of halogens is 2. The molecular formula is C29H49ClFN5O6Si2. The number of alkyl halides is 1. The van der Waals surface area contributed by atoms with Gasteiger partial charge in [0.05, 0.1) is 19.5 Å². The first-order valence-electron chi connectivity index (χ1n) is 15.8. The fourth-order valence-electron chi connectivity index (χ4n) is 6.41. The highest BCUT2D eigenvalue weighted by Gasteiger charge is 2.65. The number of carbonyl (C=O) groups is 1. The number of fused-ring (bicyclic) bond motifs is 2. The van der Waals surface area contributed by atoms with Crippen molar-refractivity contribution in [3.8, 4) is 0 Å². The standard InChI is InChI=1S/C29H49ClFN5O6Si2/c1-11-12-13-14-38-28(37)35-27-33-24(30)22-25(34-27)36(16-32-22)26-29(10,31)23-21(40-26)15-39-43(17(2)3,18(4)5)42-44(41-23,19(6)7)20(8)9/h16-21,23,26H,11-15H2,1-10H3,(H,33,34,35,37)/t21?,23-,26-,29-/m1/s1. The number of anilines is 1. The molecular weight excluding hydrogens is 625 g/mol. The first-order valence-corrected chi connectivity index (χ1v) is 20.1. The lowest BCUT2D eigenvalue weighted by Gasteiger charge is -2.51. The second-order valence-electron chi connectivity index (χ2n) is 13.3. The van der Waals surface area contributed by atoms with Crippen molar-refractivity contribution in [3.63, 3.8) is 0 Å². The summed E-state index contributed by atoms with van der Waals surface area (Å²) < 4.78 is 51.5. The fraction of sp³-hybridized carbons (Fsp3) is 0.793. The zero-order chi connectivity index (χ0) is 32.6. The van der Waals surface area contributed by atoms with Crippen LogP contribution in [0.25, 0.3) is 11.2 Å². The number of unbranched alkanes of at least 4 members (excludes halogenated alkanes) is 2. The molecule has 248 valence electrons. The van der Waals surface area contributed by atoms with E-state index in [1.54, 1.807) is 0 Å². The molecule has 4 atom stereocenters. The molecule has 1 unspecified atom stereocenters. The van der Waals surface area contributed by atoms with Crippen LogP contribution in [0.4, 0.5) is 15.1 Å². The van der Waals surface area contributed by atoms with E-state index in [-0.39, 0.29) is 57.6 Å². The van der Waals surface area contributed by atoms with E-state index in [0.717, 1.165) is 19.3 Å². The predicted molar refractivity (Wildman–Crippen MR) is 172 cm³/mol. The molecule has 1 amide bonds. The second-order valence-corrected chi connectivity index (χ2v) is 22.5. The van der Waals surface area contributed by atoms with Gasteiger partial charge in [0, 0.05) is 0 Å². The van der Waals surface area contributed by atoms with Crippen LogP contribution in [0.15, 0.2) is 6.33 Å². The lowest BCUT2D eigenvalue weighted by molar-refractivity contribution is -0.0594. The van der Waals surface area contributed by atoms with Gasteiger partial charge in [-0.3, -0.25) is 9.88 Å². The van der Waals surface area contributed by atoms with Gasteiger partial charge in [0.1, 0.15) is 17.7 Å². The quantitative estimate of drug-likeness (QED) is 0.153. The first-order chi connectivity index (χ1) is 20.6. The molecule has 2 aliphatic rings. The number of nitrogens with one attached hydrogen (secondary N) is 1. The van der Waals surface area contributed by atoms with E-state index in [1.807, 2.05) is 0 Å². The van der Waals surface area contributed by atoms with Gasteiger partial charge < -0.3 is 22.4 Å². The maximum Gasteiger partial charge on any atom is 0.414 e. The van der Waals surface area contributed by atoms with Crippen LogP contribution in [-0.4, -0.2) is 73.8 Å². The lowest BCUT2D eigenvalue weighted by atomic mass is 9.98. The topological polar surface area (TPSA) is 119 Å². The van der Waals surface area contributed by atoms with Crippen molar-refractivity contribution in [3.05, 3.63) is 11.5 Å². The molecule has 0 bridgehead atoms. The molecule has 2 aliphatic heterocycles. The van der Waals surface area contributed by atoms with Gasteiger partial charge in [0.2, 0.25) is 5.95 Å². The van der Waals surface area contributed by atoms with Crippen LogP contribution in [0, 0.1) is 0 Å². The summed E-state index contributed by atoms with van der Waals surface area (Å²) in [4.78, 5) is 25.3. The number of nitrogens with zero attached hydrogens (tertiary/aromatic N) is 4. The monoisotopic (exact) mass is 673 g/mol. The van der Waals surface area contributed by atoms with E-state index in [1.165, 1.54) is 17.8 Å². The van der Waals surface area contributed by atoms with Gasteiger partial charge in [-0.2, -0.15) is 9.97 Å². The Balaban J connectivity index is 1.72. The Morgan fingerprint density at radius 2 is 1.75 bits per heavy atom. The molecule has 44 heavy (non-hydrogen) atoms. The Kier molecular flexibility index (Phi) is 10.9. The molecule has 2 aromatic heterocycles. The molecule has 0 spiro atoms. The third-order valence-corrected chi connectivity index (χ3v) is 19.3. The van der Waals surface area contributed by atoms with Crippen molar-refractivity contribution < 1.29 is 31.6 Å². The fourth-order valence-corrected chi connectivity index (χ4v) is 17.9. The molecule has 11 nitrogen and oxygen atoms in total. The summed E-state index contributed by atoms with van der Waals surface area (Å²) in [6, 6.07) is 0. The van der Waals surface area contributed by atoms with Gasteiger partial charge in [-0.05, 0) is 35.5 Å². The Labute approximate surface area is 267 Å². The highest BCUT2D eigenvalue weighted by Crippen LogP contribution is 2.52. The maximum absolute atomic E-state index is 17.3. The number of ether oxygens (including phenoxy) is 2. The van der Waals surface area contributed by atoms with Crippen LogP contribution in [0.3, 0.4) is 0 Å². The van der Waals surface area contributed by atoms with Gasteiger partial charge in [0.15, 0.2) is 22.7 Å². The molecule has 0 aliphatic carbocycles. The Morgan fingerprint density at radius 3 is 2.34 bits per heavy atom. The number of rotatable bonds is 10. The van der Waals surface area contributed by atoms with Gasteiger partial charge in [-0.25, -0.2) is 14.2 Å². The average molecular weight is 674 g/mol. The van der Waals surface area contributed by atoms with Crippen molar-refractivity contribution in [1.82, 2.24) is 19.5 Å². The van der Waals surface area contributed by atoms with E-state index < -0.39 is 47.3 Å². The van der Waals surface area contributed by atoms with Crippen molar-refractivity contribution >= 4 is 51.9 Å². The highest BCUT2D eigenvalue weighted by atomic mass is 35.5. The van der Waals surface area contributed by atoms with E-state index in [0.29, 0.717) is 0 Å². The van der Waals surface area contributed by atoms with E-state index >= 15 is 4.39 Å². The minimum atomic E-state index is -3.09. The third-order valence-electron chi connectivity index (χ3n) is 8.83. The Morgan fingerprint density at radius 1 is 1.11 bits per heavy atom. The van der Waals surface area contributed by atoms with Gasteiger partial charge >= 0.3 is 23.2 Å². The minimum Gasteiger partial charge on any atom is -0.449 e. The normalized spacial score (nSPS) is 26.8. The molecule has 2 fully saturated rings. The Hall–Kier alpha value is -1.69. The average Bonchev–Trinajstić information content (AvgIpc) is 3.43. The van der Waals surface area contributed by atoms with Crippen LogP contribution in [0.1, 0.15) is 94.7 Å². The van der Waals surface area contributed by atoms with E-state index in [4.69, 9.17) is 34.0 Å². The Bertz CT molecular complexity index is 1300. The van der Waals surface area contributed by atoms with Crippen molar-refractivity contribution in [2.24, 2.45) is 0 Å². The van der Waals surface area contributed by atoms with Gasteiger partial charge in [0.25, 0.3) is 0 Å². The van der Waals surface area contributed by atoms with E-state index in [2.05, 4.69) is 82.6 Å². The summed E-state index contributed by atoms with van der Waals surface area (Å²) >= 11 is 6.44. The summed E-state index contributed by atoms with van der Waals surface area (Å²) in [5.41, 5.74) is -1.25. The summed E-state index contributed by atoms with van der Waals surface area (Å²) in [5, 5.41) is 2.52. The molecule has 15 heteroatoms. The molecule has 4 heterocycles. The van der Waals surface area contributed by atoms with E-state index in [9.17, 15) is 4.79 Å². The molecule has 2 saturated heterocycles. The number of amides is 1. The van der Waals surface area contributed by atoms with Crippen molar-refractivity contribution in [1.29, 1.82) is 0 Å². The number of carbonyl (C=O) groups excluding carboxylic acids is 1. The van der Waals surface area contributed by atoms with Crippen molar-refractivity contribution in [2.45, 2.75) is 135 Å². The smallest absolute Gasteiger partial charge is 0.414 e. The molecule has 2 aromatic rings. The zero-order valence-electron chi connectivity index (χ0n) is 27.6. The molecule has 0 aromatic carbocycles. The van der Waals surface area contributed by atoms with Crippen LogP contribution >= 0.6 is 11.6 Å². The van der Waals surface area contributed by atoms with Crippen LogP contribution < -0.4 is 5.32 Å². The third kappa shape index (κ3) is 6.45. The summed E-state index contributed by atoms with van der Waals surface area (Å²) in [5.74, 6) is -0.0852. The largest absolute Gasteiger partial charge is 0.449 e. The zero-order valence-corrected chi connectivity index (χ0v) is 30.4. The predicted octanol–water partition coefficient (Wildman–Crippen LogP) is 7.80. The van der Waals surface area contributed by atoms with Gasteiger partial charge in [-0.1, -0.05) is 86.8 Å². The molecule has 0 saturated carbocycles. The van der Waals surface area contributed by atoms with Gasteiger partial charge in [-0.15, -0.1) is 0 Å². The number of hydrogen-bond donors (Lipinski definition) is 1. The molecule has 1 N–H and O–H groups in total. The lowest BCUT2D eigenvalue weighted by Crippen LogP contribution is -2.66. The van der Waals surface area contributed by atoms with Crippen LogP contribution in [-0.2, 0) is 22.4 Å².